The lowest BCUT2D eigenvalue weighted by atomic mass is 9.66. The first-order valence-electron chi connectivity index (χ1n) is 6.83. The Balaban J connectivity index is 2.35. The third-order valence-corrected chi connectivity index (χ3v) is 4.13. The molecule has 5 heteroatoms. The monoisotopic (exact) mass is 269 g/mol. The Morgan fingerprint density at radius 1 is 1.35 bits per heavy atom. The molecule has 0 fully saturated rings. The Morgan fingerprint density at radius 3 is 2.70 bits per heavy atom. The van der Waals surface area contributed by atoms with Gasteiger partial charge in [-0.2, -0.15) is 5.26 Å². The molecule has 0 bridgehead atoms. The average Bonchev–Trinajstić information content (AvgIpc) is 2.46. The Morgan fingerprint density at radius 2 is 2.05 bits per heavy atom. The number of nitrogens with zero attached hydrogens (tertiary/aromatic N) is 4. The van der Waals surface area contributed by atoms with E-state index in [4.69, 9.17) is 5.53 Å². The maximum absolute atomic E-state index is 9.70. The molecule has 0 radical (unpaired) electrons. The number of nitriles is 1. The fourth-order valence-corrected chi connectivity index (χ4v) is 2.92. The molecular weight excluding hydrogens is 250 g/mol. The SMILES string of the molecule is CC1(C)CCC(C#N)(NCCN=[N+]=[N-])c2ccccc21. The van der Waals surface area contributed by atoms with Crippen molar-refractivity contribution in [3.63, 3.8) is 0 Å². The van der Waals surface area contributed by atoms with Crippen molar-refractivity contribution < 1.29 is 0 Å². The molecule has 104 valence electrons. The number of fused-ring (bicyclic) bond motifs is 1. The van der Waals surface area contributed by atoms with Gasteiger partial charge < -0.3 is 0 Å². The molecule has 0 saturated carbocycles. The summed E-state index contributed by atoms with van der Waals surface area (Å²) in [6, 6.07) is 10.6. The van der Waals surface area contributed by atoms with E-state index < -0.39 is 5.54 Å². The van der Waals surface area contributed by atoms with Crippen LogP contribution < -0.4 is 5.32 Å². The van der Waals surface area contributed by atoms with E-state index in [-0.39, 0.29) is 5.41 Å². The van der Waals surface area contributed by atoms with Crippen LogP contribution in [0.3, 0.4) is 0 Å². The predicted octanol–water partition coefficient (Wildman–Crippen LogP) is 3.38. The summed E-state index contributed by atoms with van der Waals surface area (Å²) in [6.07, 6.45) is 1.72. The van der Waals surface area contributed by atoms with Crippen LogP contribution in [0.15, 0.2) is 29.4 Å². The lowest BCUT2D eigenvalue weighted by molar-refractivity contribution is 0.302. The molecule has 0 spiro atoms. The molecular formula is C15H19N5. The summed E-state index contributed by atoms with van der Waals surface area (Å²) < 4.78 is 0. The first-order chi connectivity index (χ1) is 9.56. The summed E-state index contributed by atoms with van der Waals surface area (Å²) >= 11 is 0. The first-order valence-corrected chi connectivity index (χ1v) is 6.83. The van der Waals surface area contributed by atoms with Crippen molar-refractivity contribution in [2.75, 3.05) is 13.1 Å². The van der Waals surface area contributed by atoms with Crippen molar-refractivity contribution in [1.29, 1.82) is 5.26 Å². The highest BCUT2D eigenvalue weighted by molar-refractivity contribution is 5.45. The standard InChI is InChI=1S/C15H19N5/c1-14(2)7-8-15(11-16,18-9-10-19-20-17)13-6-4-3-5-12(13)14/h3-6,18H,7-10H2,1-2H3. The molecule has 2 rings (SSSR count). The van der Waals surface area contributed by atoms with Crippen LogP contribution in [-0.2, 0) is 11.0 Å². The van der Waals surface area contributed by atoms with Crippen LogP contribution >= 0.6 is 0 Å². The van der Waals surface area contributed by atoms with E-state index in [0.717, 1.165) is 18.4 Å². The minimum atomic E-state index is -0.670. The smallest absolute Gasteiger partial charge is 0.132 e. The number of hydrogen-bond donors (Lipinski definition) is 1. The van der Waals surface area contributed by atoms with E-state index in [9.17, 15) is 5.26 Å². The van der Waals surface area contributed by atoms with Gasteiger partial charge in [0.2, 0.25) is 0 Å². The van der Waals surface area contributed by atoms with Gasteiger partial charge in [-0.25, -0.2) is 0 Å². The zero-order chi connectivity index (χ0) is 14.6. The molecule has 1 aliphatic carbocycles. The van der Waals surface area contributed by atoms with E-state index in [1.807, 2.05) is 18.2 Å². The molecule has 0 heterocycles. The maximum Gasteiger partial charge on any atom is 0.132 e. The van der Waals surface area contributed by atoms with E-state index in [2.05, 4.69) is 41.3 Å². The molecule has 1 atom stereocenters. The molecule has 20 heavy (non-hydrogen) atoms. The van der Waals surface area contributed by atoms with E-state index in [1.54, 1.807) is 0 Å². The largest absolute Gasteiger partial charge is 0.296 e. The zero-order valence-electron chi connectivity index (χ0n) is 11.9. The molecule has 0 amide bonds. The molecule has 1 aromatic rings. The quantitative estimate of drug-likeness (QED) is 0.393. The van der Waals surface area contributed by atoms with Crippen LogP contribution in [-0.4, -0.2) is 13.1 Å². The van der Waals surface area contributed by atoms with Gasteiger partial charge in [-0.15, -0.1) is 0 Å². The minimum absolute atomic E-state index is 0.0867. The van der Waals surface area contributed by atoms with Crippen molar-refractivity contribution in [3.05, 3.63) is 45.8 Å². The van der Waals surface area contributed by atoms with Gasteiger partial charge in [0.05, 0.1) is 6.07 Å². The van der Waals surface area contributed by atoms with Gasteiger partial charge in [-0.3, -0.25) is 5.32 Å². The summed E-state index contributed by atoms with van der Waals surface area (Å²) in [5.74, 6) is 0. The lowest BCUT2D eigenvalue weighted by Crippen LogP contribution is -2.47. The highest BCUT2D eigenvalue weighted by Crippen LogP contribution is 2.44. The topological polar surface area (TPSA) is 84.6 Å². The van der Waals surface area contributed by atoms with Crippen LogP contribution in [0.4, 0.5) is 0 Å². The minimum Gasteiger partial charge on any atom is -0.296 e. The molecule has 1 aromatic carbocycles. The van der Waals surface area contributed by atoms with Crippen LogP contribution in [0.2, 0.25) is 0 Å². The Bertz CT molecular complexity index is 580. The second-order valence-corrected chi connectivity index (χ2v) is 5.83. The summed E-state index contributed by atoms with van der Waals surface area (Å²) in [6.45, 7) is 5.29. The second kappa shape index (κ2) is 5.54. The van der Waals surface area contributed by atoms with Gasteiger partial charge >= 0.3 is 0 Å². The molecule has 5 nitrogen and oxygen atoms in total. The summed E-state index contributed by atoms with van der Waals surface area (Å²) in [4.78, 5) is 2.74. The predicted molar refractivity (Wildman–Crippen MR) is 78.0 cm³/mol. The van der Waals surface area contributed by atoms with Gasteiger partial charge in [-0.05, 0) is 34.9 Å². The first kappa shape index (κ1) is 14.4. The summed E-state index contributed by atoms with van der Waals surface area (Å²) in [5.41, 5.74) is 10.0. The Hall–Kier alpha value is -2.02. The third kappa shape index (κ3) is 2.49. The molecule has 0 aliphatic heterocycles. The number of benzene rings is 1. The van der Waals surface area contributed by atoms with Gasteiger partial charge in [0.15, 0.2) is 0 Å². The summed E-state index contributed by atoms with van der Waals surface area (Å²) in [5, 5.41) is 16.5. The van der Waals surface area contributed by atoms with E-state index in [0.29, 0.717) is 13.1 Å². The van der Waals surface area contributed by atoms with Crippen molar-refractivity contribution in [2.24, 2.45) is 5.11 Å². The van der Waals surface area contributed by atoms with Crippen molar-refractivity contribution in [1.82, 2.24) is 5.32 Å². The second-order valence-electron chi connectivity index (χ2n) is 5.83. The number of hydrogen-bond acceptors (Lipinski definition) is 3. The molecule has 0 saturated heterocycles. The molecule has 1 N–H and O–H groups in total. The van der Waals surface area contributed by atoms with E-state index >= 15 is 0 Å². The number of nitrogens with one attached hydrogen (secondary N) is 1. The summed E-state index contributed by atoms with van der Waals surface area (Å²) in [7, 11) is 0. The fraction of sp³-hybridized carbons (Fsp3) is 0.533. The average molecular weight is 269 g/mol. The highest BCUT2D eigenvalue weighted by atomic mass is 15.1. The Labute approximate surface area is 119 Å². The number of azide groups is 1. The van der Waals surface area contributed by atoms with Crippen LogP contribution in [0.25, 0.3) is 10.4 Å². The van der Waals surface area contributed by atoms with Crippen molar-refractivity contribution >= 4 is 0 Å². The highest BCUT2D eigenvalue weighted by Gasteiger charge is 2.42. The fourth-order valence-electron chi connectivity index (χ4n) is 2.92. The van der Waals surface area contributed by atoms with Crippen LogP contribution in [0.1, 0.15) is 37.8 Å². The lowest BCUT2D eigenvalue weighted by Gasteiger charge is -2.42. The normalized spacial score (nSPS) is 23.2. The Kier molecular flexibility index (Phi) is 3.99. The van der Waals surface area contributed by atoms with E-state index in [1.165, 1.54) is 5.56 Å². The number of rotatable bonds is 4. The van der Waals surface area contributed by atoms with Crippen LogP contribution in [0.5, 0.6) is 0 Å². The third-order valence-electron chi connectivity index (χ3n) is 4.13. The molecule has 1 aliphatic rings. The maximum atomic E-state index is 9.70. The van der Waals surface area contributed by atoms with Gasteiger partial charge in [0, 0.05) is 18.0 Å². The molecule has 1 unspecified atom stereocenters. The van der Waals surface area contributed by atoms with Crippen molar-refractivity contribution in [3.8, 4) is 6.07 Å². The van der Waals surface area contributed by atoms with Gasteiger partial charge in [-0.1, -0.05) is 43.2 Å². The van der Waals surface area contributed by atoms with Crippen molar-refractivity contribution in [2.45, 2.75) is 37.6 Å². The molecule has 0 aromatic heterocycles. The van der Waals surface area contributed by atoms with Crippen LogP contribution in [0, 0.1) is 11.3 Å². The van der Waals surface area contributed by atoms with Gasteiger partial charge in [0.1, 0.15) is 5.54 Å². The van der Waals surface area contributed by atoms with Gasteiger partial charge in [0.25, 0.3) is 0 Å². The zero-order valence-corrected chi connectivity index (χ0v) is 11.9.